The van der Waals surface area contributed by atoms with Gasteiger partial charge in [0.15, 0.2) is 0 Å². The van der Waals surface area contributed by atoms with Gasteiger partial charge in [-0.1, -0.05) is 0 Å². The summed E-state index contributed by atoms with van der Waals surface area (Å²) >= 11 is 1.55. The molecule has 1 aliphatic heterocycles. The zero-order valence-corrected chi connectivity index (χ0v) is 12.0. The molecule has 5 heteroatoms. The lowest BCUT2D eigenvalue weighted by Gasteiger charge is -2.42. The Hall–Kier alpha value is -0.940. The van der Waals surface area contributed by atoms with Crippen molar-refractivity contribution in [1.82, 2.24) is 9.88 Å². The van der Waals surface area contributed by atoms with Gasteiger partial charge in [-0.25, -0.2) is 4.98 Å². The summed E-state index contributed by atoms with van der Waals surface area (Å²) in [7, 11) is 0. The highest BCUT2D eigenvalue weighted by Crippen LogP contribution is 2.35. The molecule has 18 heavy (non-hydrogen) atoms. The van der Waals surface area contributed by atoms with Crippen LogP contribution in [0.3, 0.4) is 0 Å². The number of rotatable bonds is 1. The Morgan fingerprint density at radius 3 is 2.78 bits per heavy atom. The molecule has 0 radical (unpaired) electrons. The van der Waals surface area contributed by atoms with Crippen LogP contribution in [0.15, 0.2) is 10.9 Å². The number of hydrogen-bond donors (Lipinski definition) is 1. The van der Waals surface area contributed by atoms with E-state index in [4.69, 9.17) is 5.73 Å². The number of nitrogens with zero attached hydrogens (tertiary/aromatic N) is 2. The molecule has 100 valence electrons. The molecule has 1 saturated heterocycles. The minimum Gasteiger partial charge on any atom is -0.328 e. The van der Waals surface area contributed by atoms with Gasteiger partial charge < -0.3 is 10.6 Å². The number of likely N-dealkylation sites (tertiary alicyclic amines) is 1. The van der Waals surface area contributed by atoms with Gasteiger partial charge in [0, 0.05) is 23.4 Å². The first-order valence-corrected chi connectivity index (χ1v) is 7.31. The second-order valence-corrected chi connectivity index (χ2v) is 6.57. The van der Waals surface area contributed by atoms with E-state index in [1.165, 1.54) is 0 Å². The number of hydrogen-bond acceptors (Lipinski definition) is 4. The SMILES string of the molecule is CC(C)(C)N1C(=O)CCCC(N)C1c1cscn1. The first-order valence-electron chi connectivity index (χ1n) is 6.37. The van der Waals surface area contributed by atoms with E-state index in [0.29, 0.717) is 6.42 Å². The number of aromatic nitrogens is 1. The van der Waals surface area contributed by atoms with Crippen LogP contribution in [0, 0.1) is 0 Å². The molecule has 0 saturated carbocycles. The van der Waals surface area contributed by atoms with Gasteiger partial charge in [-0.05, 0) is 33.6 Å². The third-order valence-corrected chi connectivity index (χ3v) is 3.96. The summed E-state index contributed by atoms with van der Waals surface area (Å²) in [6.45, 7) is 6.17. The van der Waals surface area contributed by atoms with Crippen LogP contribution in [0.25, 0.3) is 0 Å². The van der Waals surface area contributed by atoms with Crippen molar-refractivity contribution in [1.29, 1.82) is 0 Å². The third-order valence-electron chi connectivity index (χ3n) is 3.36. The molecule has 2 unspecified atom stereocenters. The van der Waals surface area contributed by atoms with Gasteiger partial charge in [0.2, 0.25) is 5.91 Å². The third kappa shape index (κ3) is 2.57. The monoisotopic (exact) mass is 267 g/mol. The van der Waals surface area contributed by atoms with Gasteiger partial charge in [-0.2, -0.15) is 0 Å². The van der Waals surface area contributed by atoms with E-state index >= 15 is 0 Å². The molecule has 2 heterocycles. The minimum atomic E-state index is -0.229. The van der Waals surface area contributed by atoms with Crippen LogP contribution >= 0.6 is 11.3 Å². The Bertz CT molecular complexity index is 410. The fraction of sp³-hybridized carbons (Fsp3) is 0.692. The molecule has 1 aliphatic rings. The van der Waals surface area contributed by atoms with Gasteiger partial charge in [0.05, 0.1) is 17.2 Å². The Labute approximate surface area is 112 Å². The van der Waals surface area contributed by atoms with Crippen LogP contribution < -0.4 is 5.73 Å². The van der Waals surface area contributed by atoms with E-state index in [9.17, 15) is 4.79 Å². The maximum Gasteiger partial charge on any atom is 0.223 e. The molecule has 2 rings (SSSR count). The predicted octanol–water partition coefficient (Wildman–Crippen LogP) is 2.32. The Kier molecular flexibility index (Phi) is 3.73. The number of carbonyl (C=O) groups is 1. The van der Waals surface area contributed by atoms with Gasteiger partial charge in [0.1, 0.15) is 0 Å². The van der Waals surface area contributed by atoms with E-state index in [2.05, 4.69) is 25.8 Å². The van der Waals surface area contributed by atoms with Crippen molar-refractivity contribution in [3.05, 3.63) is 16.6 Å². The molecule has 2 atom stereocenters. The highest BCUT2D eigenvalue weighted by atomic mass is 32.1. The Balaban J connectivity index is 2.43. The maximum absolute atomic E-state index is 12.4. The van der Waals surface area contributed by atoms with E-state index in [-0.39, 0.29) is 23.5 Å². The number of nitrogens with two attached hydrogens (primary N) is 1. The van der Waals surface area contributed by atoms with E-state index in [1.807, 2.05) is 10.3 Å². The maximum atomic E-state index is 12.4. The van der Waals surface area contributed by atoms with Gasteiger partial charge >= 0.3 is 0 Å². The fourth-order valence-corrected chi connectivity index (χ4v) is 3.21. The average molecular weight is 267 g/mol. The molecular formula is C13H21N3OS. The van der Waals surface area contributed by atoms with Gasteiger partial charge in [-0.15, -0.1) is 11.3 Å². The smallest absolute Gasteiger partial charge is 0.223 e. The molecule has 0 bridgehead atoms. The van der Waals surface area contributed by atoms with Crippen molar-refractivity contribution >= 4 is 17.2 Å². The molecule has 1 aromatic heterocycles. The van der Waals surface area contributed by atoms with E-state index in [0.717, 1.165) is 18.5 Å². The molecule has 2 N–H and O–H groups in total. The van der Waals surface area contributed by atoms with Crippen LogP contribution in [0.5, 0.6) is 0 Å². The fourth-order valence-electron chi connectivity index (χ4n) is 2.62. The normalized spacial score (nSPS) is 26.2. The van der Waals surface area contributed by atoms with Crippen molar-refractivity contribution in [2.75, 3.05) is 0 Å². The van der Waals surface area contributed by atoms with Crippen molar-refractivity contribution in [3.63, 3.8) is 0 Å². The van der Waals surface area contributed by atoms with Crippen LogP contribution in [0.2, 0.25) is 0 Å². The minimum absolute atomic E-state index is 0.0298. The first kappa shape index (κ1) is 13.5. The molecule has 1 amide bonds. The van der Waals surface area contributed by atoms with Gasteiger partial charge in [0.25, 0.3) is 0 Å². The molecular weight excluding hydrogens is 246 g/mol. The summed E-state index contributed by atoms with van der Waals surface area (Å²) in [5.74, 6) is 0.188. The lowest BCUT2D eigenvalue weighted by molar-refractivity contribution is -0.139. The van der Waals surface area contributed by atoms with Crippen molar-refractivity contribution in [3.8, 4) is 0 Å². The second-order valence-electron chi connectivity index (χ2n) is 5.85. The summed E-state index contributed by atoms with van der Waals surface area (Å²) < 4.78 is 0. The van der Waals surface area contributed by atoms with Crippen molar-refractivity contribution in [2.45, 2.75) is 57.7 Å². The Morgan fingerprint density at radius 1 is 1.50 bits per heavy atom. The lowest BCUT2D eigenvalue weighted by atomic mass is 9.96. The summed E-state index contributed by atoms with van der Waals surface area (Å²) in [4.78, 5) is 18.7. The largest absolute Gasteiger partial charge is 0.328 e. The molecule has 0 aliphatic carbocycles. The number of thiazole rings is 1. The zero-order valence-electron chi connectivity index (χ0n) is 11.2. The topological polar surface area (TPSA) is 59.2 Å². The number of carbonyl (C=O) groups excluding carboxylic acids is 1. The Morgan fingerprint density at radius 2 is 2.22 bits per heavy atom. The van der Waals surface area contributed by atoms with E-state index < -0.39 is 0 Å². The highest BCUT2D eigenvalue weighted by molar-refractivity contribution is 7.07. The van der Waals surface area contributed by atoms with Crippen LogP contribution in [0.1, 0.15) is 51.8 Å². The van der Waals surface area contributed by atoms with Gasteiger partial charge in [-0.3, -0.25) is 4.79 Å². The standard InChI is InChI=1S/C13H21N3OS/c1-13(2,3)16-11(17)6-4-5-9(14)12(16)10-7-18-8-15-10/h7-9,12H,4-6,14H2,1-3H3. The van der Waals surface area contributed by atoms with Crippen LogP contribution in [0.4, 0.5) is 0 Å². The van der Waals surface area contributed by atoms with Crippen LogP contribution in [-0.4, -0.2) is 27.4 Å². The molecule has 4 nitrogen and oxygen atoms in total. The van der Waals surface area contributed by atoms with Crippen molar-refractivity contribution < 1.29 is 4.79 Å². The second kappa shape index (κ2) is 4.97. The summed E-state index contributed by atoms with van der Waals surface area (Å²) in [6, 6.07) is -0.121. The van der Waals surface area contributed by atoms with Crippen LogP contribution in [-0.2, 0) is 4.79 Å². The molecule has 0 aromatic carbocycles. The lowest BCUT2D eigenvalue weighted by Crippen LogP contribution is -2.51. The number of amides is 1. The highest BCUT2D eigenvalue weighted by Gasteiger charge is 2.39. The zero-order chi connectivity index (χ0) is 13.3. The quantitative estimate of drug-likeness (QED) is 0.849. The summed E-state index contributed by atoms with van der Waals surface area (Å²) in [6.07, 6.45) is 2.33. The van der Waals surface area contributed by atoms with Crippen molar-refractivity contribution in [2.24, 2.45) is 5.73 Å². The molecule has 0 spiro atoms. The predicted molar refractivity (Wildman–Crippen MR) is 73.3 cm³/mol. The summed E-state index contributed by atoms with van der Waals surface area (Å²) in [5.41, 5.74) is 8.79. The average Bonchev–Trinajstić information content (AvgIpc) is 2.71. The summed E-state index contributed by atoms with van der Waals surface area (Å²) in [5, 5.41) is 2.00. The molecule has 1 fully saturated rings. The molecule has 1 aromatic rings. The first-order chi connectivity index (χ1) is 8.41. The van der Waals surface area contributed by atoms with E-state index in [1.54, 1.807) is 16.8 Å².